The zero-order valence-electron chi connectivity index (χ0n) is 5.19. The van der Waals surface area contributed by atoms with Crippen LogP contribution >= 0.6 is 0 Å². The Bertz CT molecular complexity index is 149. The molecule has 1 saturated heterocycles. The van der Waals surface area contributed by atoms with Crippen molar-refractivity contribution in [3.63, 3.8) is 0 Å². The first-order valence-corrected chi connectivity index (χ1v) is 2.94. The summed E-state index contributed by atoms with van der Waals surface area (Å²) in [7, 11) is 0. The first kappa shape index (κ1) is 7.46. The molecule has 5 heteroatoms. The lowest BCUT2D eigenvalue weighted by molar-refractivity contribution is -0.128. The maximum Gasteiger partial charge on any atom is 0.252 e. The van der Waals surface area contributed by atoms with Gasteiger partial charge in [0.25, 0.3) is 5.91 Å². The van der Waals surface area contributed by atoms with Crippen LogP contribution in [-0.2, 0) is 4.79 Å². The molecule has 1 fully saturated rings. The van der Waals surface area contributed by atoms with Gasteiger partial charge in [-0.1, -0.05) is 0 Å². The van der Waals surface area contributed by atoms with Crippen LogP contribution < -0.4 is 5.32 Å². The van der Waals surface area contributed by atoms with Gasteiger partial charge in [0.2, 0.25) is 0 Å². The van der Waals surface area contributed by atoms with Gasteiger partial charge < -0.3 is 20.6 Å². The first-order chi connectivity index (χ1) is 4.66. The Morgan fingerprint density at radius 2 is 2.10 bits per heavy atom. The minimum atomic E-state index is -1.39. The zero-order valence-corrected chi connectivity index (χ0v) is 5.19. The fourth-order valence-corrected chi connectivity index (χ4v) is 0.882. The lowest BCUT2D eigenvalue weighted by Crippen LogP contribution is -2.35. The van der Waals surface area contributed by atoms with Crippen LogP contribution in [0, 0.1) is 0 Å². The Balaban J connectivity index is 2.61. The molecule has 1 aliphatic rings. The minimum absolute atomic E-state index is 0.357. The maximum absolute atomic E-state index is 10.5. The number of nitrogens with one attached hydrogen (secondary N) is 1. The highest BCUT2D eigenvalue weighted by molar-refractivity contribution is 5.84. The predicted molar refractivity (Wildman–Crippen MR) is 31.0 cm³/mol. The van der Waals surface area contributed by atoms with Crippen molar-refractivity contribution in [3.05, 3.63) is 0 Å². The minimum Gasteiger partial charge on any atom is -0.394 e. The van der Waals surface area contributed by atoms with Crippen LogP contribution in [0.15, 0.2) is 0 Å². The number of amides is 1. The second-order valence-electron chi connectivity index (χ2n) is 2.23. The fraction of sp³-hybridized carbons (Fsp3) is 0.800. The number of carbonyl (C=O) groups is 1. The highest BCUT2D eigenvalue weighted by atomic mass is 16.3. The van der Waals surface area contributed by atoms with Gasteiger partial charge in [0.15, 0.2) is 6.10 Å². The van der Waals surface area contributed by atoms with Crippen molar-refractivity contribution >= 4 is 5.91 Å². The molecule has 10 heavy (non-hydrogen) atoms. The van der Waals surface area contributed by atoms with E-state index in [-0.39, 0.29) is 6.61 Å². The molecule has 5 nitrogen and oxygen atoms in total. The summed E-state index contributed by atoms with van der Waals surface area (Å²) in [5.41, 5.74) is 0. The van der Waals surface area contributed by atoms with Crippen molar-refractivity contribution in [1.82, 2.24) is 5.32 Å². The second-order valence-corrected chi connectivity index (χ2v) is 2.23. The van der Waals surface area contributed by atoms with Gasteiger partial charge >= 0.3 is 0 Å². The van der Waals surface area contributed by atoms with E-state index in [0.29, 0.717) is 0 Å². The molecule has 0 aromatic heterocycles. The summed E-state index contributed by atoms with van der Waals surface area (Å²) in [4.78, 5) is 10.5. The molecule has 0 saturated carbocycles. The van der Waals surface area contributed by atoms with E-state index in [1.54, 1.807) is 0 Å². The van der Waals surface area contributed by atoms with Crippen LogP contribution in [0.4, 0.5) is 0 Å². The van der Waals surface area contributed by atoms with E-state index in [1.165, 1.54) is 0 Å². The van der Waals surface area contributed by atoms with Crippen molar-refractivity contribution in [2.75, 3.05) is 6.61 Å². The highest BCUT2D eigenvalue weighted by Gasteiger charge is 2.39. The van der Waals surface area contributed by atoms with E-state index in [1.807, 2.05) is 0 Å². The van der Waals surface area contributed by atoms with Crippen LogP contribution in [-0.4, -0.2) is 46.1 Å². The lowest BCUT2D eigenvalue weighted by atomic mass is 10.1. The average Bonchev–Trinajstić information content (AvgIpc) is 2.17. The Labute approximate surface area is 57.3 Å². The van der Waals surface area contributed by atoms with Crippen molar-refractivity contribution in [2.45, 2.75) is 18.2 Å². The van der Waals surface area contributed by atoms with E-state index < -0.39 is 24.2 Å². The molecule has 1 rings (SSSR count). The van der Waals surface area contributed by atoms with Gasteiger partial charge in [-0.25, -0.2) is 0 Å². The molecule has 4 N–H and O–H groups in total. The molecule has 3 atom stereocenters. The van der Waals surface area contributed by atoms with Gasteiger partial charge in [0.05, 0.1) is 12.6 Å². The number of hydrogen-bond acceptors (Lipinski definition) is 4. The summed E-state index contributed by atoms with van der Waals surface area (Å²) in [6, 6.07) is -0.720. The number of carbonyl (C=O) groups excluding carboxylic acids is 1. The van der Waals surface area contributed by atoms with Crippen LogP contribution in [0.25, 0.3) is 0 Å². The maximum atomic E-state index is 10.5. The smallest absolute Gasteiger partial charge is 0.252 e. The van der Waals surface area contributed by atoms with Crippen LogP contribution in [0.5, 0.6) is 0 Å². The number of aliphatic hydroxyl groups is 3. The molecule has 0 bridgehead atoms. The van der Waals surface area contributed by atoms with E-state index in [9.17, 15) is 4.79 Å². The van der Waals surface area contributed by atoms with Crippen LogP contribution in [0.3, 0.4) is 0 Å². The molecule has 3 unspecified atom stereocenters. The third-order valence-corrected chi connectivity index (χ3v) is 1.53. The Morgan fingerprint density at radius 3 is 2.30 bits per heavy atom. The van der Waals surface area contributed by atoms with Crippen LogP contribution in [0.2, 0.25) is 0 Å². The van der Waals surface area contributed by atoms with E-state index in [0.717, 1.165) is 0 Å². The van der Waals surface area contributed by atoms with Gasteiger partial charge in [-0.3, -0.25) is 4.79 Å². The third-order valence-electron chi connectivity index (χ3n) is 1.53. The normalized spacial score (nSPS) is 39.9. The van der Waals surface area contributed by atoms with Crippen molar-refractivity contribution in [1.29, 1.82) is 0 Å². The number of aliphatic hydroxyl groups excluding tert-OH is 3. The summed E-state index contributed by atoms with van der Waals surface area (Å²) in [6.07, 6.45) is -2.57. The SMILES string of the molecule is O=C1NC(CO)C(O)C1O. The van der Waals surface area contributed by atoms with Crippen LogP contribution in [0.1, 0.15) is 0 Å². The molecule has 0 aromatic carbocycles. The van der Waals surface area contributed by atoms with Gasteiger partial charge in [0, 0.05) is 0 Å². The second kappa shape index (κ2) is 2.53. The van der Waals surface area contributed by atoms with E-state index >= 15 is 0 Å². The molecule has 0 aromatic rings. The standard InChI is InChI=1S/C5H9NO4/c7-1-2-3(8)4(9)5(10)6-2/h2-4,7-9H,1H2,(H,6,10). The van der Waals surface area contributed by atoms with Gasteiger partial charge in [-0.05, 0) is 0 Å². The molecule has 0 spiro atoms. The predicted octanol–water partition coefficient (Wildman–Crippen LogP) is -2.80. The molecule has 1 heterocycles. The Morgan fingerprint density at radius 1 is 1.50 bits per heavy atom. The quantitative estimate of drug-likeness (QED) is 0.322. The van der Waals surface area contributed by atoms with Gasteiger partial charge in [-0.15, -0.1) is 0 Å². The molecule has 1 aliphatic heterocycles. The fourth-order valence-electron chi connectivity index (χ4n) is 0.882. The summed E-state index contributed by atoms with van der Waals surface area (Å²) >= 11 is 0. The average molecular weight is 147 g/mol. The number of hydrogen-bond donors (Lipinski definition) is 4. The van der Waals surface area contributed by atoms with Gasteiger partial charge in [-0.2, -0.15) is 0 Å². The molecule has 0 aliphatic carbocycles. The molecular weight excluding hydrogens is 138 g/mol. The third kappa shape index (κ3) is 0.985. The van der Waals surface area contributed by atoms with Crippen molar-refractivity contribution in [2.24, 2.45) is 0 Å². The highest BCUT2D eigenvalue weighted by Crippen LogP contribution is 2.07. The summed E-state index contributed by atoms with van der Waals surface area (Å²) < 4.78 is 0. The van der Waals surface area contributed by atoms with Crippen molar-refractivity contribution in [3.8, 4) is 0 Å². The topological polar surface area (TPSA) is 89.8 Å². The molecule has 0 radical (unpaired) electrons. The summed E-state index contributed by atoms with van der Waals surface area (Å²) in [5.74, 6) is -0.633. The summed E-state index contributed by atoms with van der Waals surface area (Å²) in [5, 5.41) is 28.4. The van der Waals surface area contributed by atoms with E-state index in [4.69, 9.17) is 15.3 Å². The van der Waals surface area contributed by atoms with Crippen molar-refractivity contribution < 1.29 is 20.1 Å². The largest absolute Gasteiger partial charge is 0.394 e. The molecule has 1 amide bonds. The van der Waals surface area contributed by atoms with Gasteiger partial charge in [0.1, 0.15) is 6.10 Å². The summed E-state index contributed by atoms with van der Waals surface area (Å²) in [6.45, 7) is -0.357. The molecule has 58 valence electrons. The number of rotatable bonds is 1. The Kier molecular flexibility index (Phi) is 1.89. The molecular formula is C5H9NO4. The monoisotopic (exact) mass is 147 g/mol. The zero-order chi connectivity index (χ0) is 7.72. The Hall–Kier alpha value is -0.650. The lowest BCUT2D eigenvalue weighted by Gasteiger charge is -2.10. The first-order valence-electron chi connectivity index (χ1n) is 2.94. The van der Waals surface area contributed by atoms with E-state index in [2.05, 4.69) is 5.32 Å².